The molecule has 0 aliphatic carbocycles. The predicted octanol–water partition coefficient (Wildman–Crippen LogP) is 2.82. The summed E-state index contributed by atoms with van der Waals surface area (Å²) in [6, 6.07) is -1.79. The zero-order valence-corrected chi connectivity index (χ0v) is 29.7. The van der Waals surface area contributed by atoms with Gasteiger partial charge in [-0.2, -0.15) is 0 Å². The van der Waals surface area contributed by atoms with Crippen molar-refractivity contribution < 1.29 is 28.7 Å². The summed E-state index contributed by atoms with van der Waals surface area (Å²) in [6.45, 7) is 18.1. The molecule has 8 atom stereocenters. The predicted molar refractivity (Wildman–Crippen MR) is 174 cm³/mol. The molecule has 0 spiro atoms. The Morgan fingerprint density at radius 3 is 1.93 bits per heavy atom. The molecule has 44 heavy (non-hydrogen) atoms. The lowest BCUT2D eigenvalue weighted by Gasteiger charge is -2.41. The monoisotopic (exact) mass is 625 g/mol. The Morgan fingerprint density at radius 2 is 1.48 bits per heavy atom. The first-order valence-electron chi connectivity index (χ1n) is 16.5. The van der Waals surface area contributed by atoms with Gasteiger partial charge in [0.25, 0.3) is 0 Å². The van der Waals surface area contributed by atoms with E-state index in [-0.39, 0.29) is 59.9 Å². The number of methoxy groups -OCH3 is 2. The van der Waals surface area contributed by atoms with E-state index in [0.717, 1.165) is 19.3 Å². The maximum atomic E-state index is 14.0. The molecule has 0 radical (unpaired) electrons. The summed E-state index contributed by atoms with van der Waals surface area (Å²) in [4.78, 5) is 57.3. The van der Waals surface area contributed by atoms with Crippen molar-refractivity contribution in [3.05, 3.63) is 0 Å². The van der Waals surface area contributed by atoms with Gasteiger partial charge in [0.15, 0.2) is 0 Å². The number of carbonyl (C=O) groups excluding carboxylic acids is 4. The molecule has 0 aromatic heterocycles. The van der Waals surface area contributed by atoms with Crippen molar-refractivity contribution in [1.29, 1.82) is 0 Å². The van der Waals surface area contributed by atoms with Crippen molar-refractivity contribution >= 4 is 23.6 Å². The SMILES string of the molecule is CCC(C)C(C(CC(=O)N1CCCC1C(OC)C(C)C(=O)NC(C)C)OC)N(C)C(=O)C(NC(=O)C(NC)C(C)C)C(C)C. The molecule has 1 rings (SSSR count). The number of hydrogen-bond acceptors (Lipinski definition) is 7. The maximum Gasteiger partial charge on any atom is 0.245 e. The van der Waals surface area contributed by atoms with Crippen LogP contribution >= 0.6 is 0 Å². The molecular formula is C33H63N5O6. The number of amides is 4. The highest BCUT2D eigenvalue weighted by atomic mass is 16.5. The minimum atomic E-state index is -0.731. The van der Waals surface area contributed by atoms with Crippen LogP contribution in [0.25, 0.3) is 0 Å². The minimum Gasteiger partial charge on any atom is -0.379 e. The highest BCUT2D eigenvalue weighted by Crippen LogP contribution is 2.29. The van der Waals surface area contributed by atoms with Crippen LogP contribution < -0.4 is 16.0 Å². The highest BCUT2D eigenvalue weighted by Gasteiger charge is 2.43. The van der Waals surface area contributed by atoms with Crippen LogP contribution in [0, 0.1) is 23.7 Å². The first-order valence-corrected chi connectivity index (χ1v) is 16.5. The second-order valence-corrected chi connectivity index (χ2v) is 13.5. The number of ether oxygens (including phenoxy) is 2. The average Bonchev–Trinajstić information content (AvgIpc) is 3.44. The molecule has 11 nitrogen and oxygen atoms in total. The van der Waals surface area contributed by atoms with Gasteiger partial charge >= 0.3 is 0 Å². The smallest absolute Gasteiger partial charge is 0.245 e. The Balaban J connectivity index is 3.24. The fraction of sp³-hybridized carbons (Fsp3) is 0.879. The fourth-order valence-electron chi connectivity index (χ4n) is 6.47. The van der Waals surface area contributed by atoms with Crippen molar-refractivity contribution in [2.75, 3.05) is 34.9 Å². The number of nitrogens with zero attached hydrogens (tertiary/aromatic N) is 2. The van der Waals surface area contributed by atoms with Gasteiger partial charge in [-0.15, -0.1) is 0 Å². The van der Waals surface area contributed by atoms with Crippen molar-refractivity contribution in [2.24, 2.45) is 23.7 Å². The zero-order chi connectivity index (χ0) is 33.9. The molecule has 1 heterocycles. The number of likely N-dealkylation sites (N-methyl/N-ethyl adjacent to an activating group) is 2. The van der Waals surface area contributed by atoms with E-state index in [0.29, 0.717) is 6.54 Å². The molecule has 1 saturated heterocycles. The fourth-order valence-corrected chi connectivity index (χ4v) is 6.47. The molecule has 4 amide bonds. The third-order valence-electron chi connectivity index (χ3n) is 9.18. The van der Waals surface area contributed by atoms with Gasteiger partial charge in [-0.1, -0.05) is 54.9 Å². The molecular weight excluding hydrogens is 562 g/mol. The van der Waals surface area contributed by atoms with Crippen LogP contribution in [0.1, 0.15) is 88.0 Å². The summed E-state index contributed by atoms with van der Waals surface area (Å²) < 4.78 is 11.8. The lowest BCUT2D eigenvalue weighted by Crippen LogP contribution is -2.59. The summed E-state index contributed by atoms with van der Waals surface area (Å²) in [5, 5.41) is 8.99. The van der Waals surface area contributed by atoms with E-state index < -0.39 is 36.3 Å². The van der Waals surface area contributed by atoms with Crippen molar-refractivity contribution in [3.8, 4) is 0 Å². The molecule has 256 valence electrons. The normalized spacial score (nSPS) is 20.2. The Morgan fingerprint density at radius 1 is 0.886 bits per heavy atom. The zero-order valence-electron chi connectivity index (χ0n) is 29.7. The first kappa shape index (κ1) is 39.8. The molecule has 8 unspecified atom stereocenters. The van der Waals surface area contributed by atoms with Crippen molar-refractivity contribution in [1.82, 2.24) is 25.8 Å². The second kappa shape index (κ2) is 18.7. The van der Waals surface area contributed by atoms with Crippen LogP contribution in [0.5, 0.6) is 0 Å². The molecule has 11 heteroatoms. The minimum absolute atomic E-state index is 0.00646. The Bertz CT molecular complexity index is 928. The molecule has 1 aliphatic rings. The number of likely N-dealkylation sites (tertiary alicyclic amines) is 1. The van der Waals surface area contributed by atoms with E-state index in [1.54, 1.807) is 33.2 Å². The largest absolute Gasteiger partial charge is 0.379 e. The van der Waals surface area contributed by atoms with Crippen LogP contribution in [0.3, 0.4) is 0 Å². The van der Waals surface area contributed by atoms with Gasteiger partial charge < -0.3 is 35.2 Å². The number of hydrogen-bond donors (Lipinski definition) is 3. The Hall–Kier alpha value is -2.24. The van der Waals surface area contributed by atoms with Gasteiger partial charge in [-0.25, -0.2) is 0 Å². The first-order chi connectivity index (χ1) is 20.6. The quantitative estimate of drug-likeness (QED) is 0.214. The Kier molecular flexibility index (Phi) is 16.9. The number of nitrogens with one attached hydrogen (secondary N) is 3. The third-order valence-corrected chi connectivity index (χ3v) is 9.18. The molecule has 0 saturated carbocycles. The number of rotatable bonds is 18. The molecule has 1 aliphatic heterocycles. The molecule has 0 aromatic rings. The van der Waals surface area contributed by atoms with Crippen LogP contribution in [-0.2, 0) is 28.7 Å². The van der Waals surface area contributed by atoms with Gasteiger partial charge in [-0.3, -0.25) is 19.2 Å². The van der Waals surface area contributed by atoms with E-state index in [9.17, 15) is 19.2 Å². The van der Waals surface area contributed by atoms with E-state index in [4.69, 9.17) is 9.47 Å². The second-order valence-electron chi connectivity index (χ2n) is 13.5. The molecule has 3 N–H and O–H groups in total. The molecule has 1 fully saturated rings. The lowest BCUT2D eigenvalue weighted by atomic mass is 9.89. The van der Waals surface area contributed by atoms with Gasteiger partial charge in [0.05, 0.1) is 42.7 Å². The van der Waals surface area contributed by atoms with Gasteiger partial charge in [0.2, 0.25) is 23.6 Å². The molecule has 0 bridgehead atoms. The van der Waals surface area contributed by atoms with E-state index in [2.05, 4.69) is 29.8 Å². The topological polar surface area (TPSA) is 129 Å². The van der Waals surface area contributed by atoms with Crippen molar-refractivity contribution in [3.63, 3.8) is 0 Å². The number of carbonyl (C=O) groups is 4. The van der Waals surface area contributed by atoms with Crippen molar-refractivity contribution in [2.45, 2.75) is 130 Å². The van der Waals surface area contributed by atoms with E-state index >= 15 is 0 Å². The van der Waals surface area contributed by atoms with E-state index in [1.165, 1.54) is 0 Å². The summed E-state index contributed by atoms with van der Waals surface area (Å²) in [5.74, 6) is -1.12. The van der Waals surface area contributed by atoms with Gasteiger partial charge in [-0.05, 0) is 51.5 Å². The average molecular weight is 626 g/mol. The van der Waals surface area contributed by atoms with Crippen LogP contribution in [0.15, 0.2) is 0 Å². The lowest BCUT2D eigenvalue weighted by molar-refractivity contribution is -0.147. The van der Waals surface area contributed by atoms with E-state index in [1.807, 2.05) is 53.4 Å². The van der Waals surface area contributed by atoms with Crippen LogP contribution in [0.2, 0.25) is 0 Å². The summed E-state index contributed by atoms with van der Waals surface area (Å²) in [5.41, 5.74) is 0. The summed E-state index contributed by atoms with van der Waals surface area (Å²) in [6.07, 6.45) is 1.40. The Labute approximate surface area is 266 Å². The summed E-state index contributed by atoms with van der Waals surface area (Å²) >= 11 is 0. The van der Waals surface area contributed by atoms with Gasteiger partial charge in [0.1, 0.15) is 6.04 Å². The third kappa shape index (κ3) is 10.4. The maximum absolute atomic E-state index is 14.0. The van der Waals surface area contributed by atoms with Crippen LogP contribution in [0.4, 0.5) is 0 Å². The highest BCUT2D eigenvalue weighted by molar-refractivity contribution is 5.90. The van der Waals surface area contributed by atoms with Gasteiger partial charge in [0, 0.05) is 33.9 Å². The van der Waals surface area contributed by atoms with Crippen LogP contribution in [-0.4, -0.2) is 111 Å². The summed E-state index contributed by atoms with van der Waals surface area (Å²) in [7, 11) is 6.64. The standard InChI is InChI=1S/C33H63N5O6/c1-14-22(8)29(37(11)33(42)28(20(4)5)36-32(41)27(34-10)19(2)3)25(43-12)18-26(39)38-17-15-16-24(38)30(44-13)23(9)31(40)35-21(6)7/h19-25,27-30,34H,14-18H2,1-13H3,(H,35,40)(H,36,41). The molecule has 0 aromatic carbocycles.